The van der Waals surface area contributed by atoms with E-state index in [1.165, 1.54) is 50.1 Å². The van der Waals surface area contributed by atoms with Gasteiger partial charge >= 0.3 is 0 Å². The SMILES string of the molecule is CC1(C)c2ccccc2-c2cc(-c3ccc(-c4ccccc4)c(-c4cccc(-c5nc(-c6ccccc6)cc(-c6ccccc6)n5)c4)c3)ccc21. The lowest BCUT2D eigenvalue weighted by Gasteiger charge is -2.21. The number of aromatic nitrogens is 2. The van der Waals surface area contributed by atoms with E-state index in [1.54, 1.807) is 0 Å². The van der Waals surface area contributed by atoms with Crippen LogP contribution in [0.25, 0.3) is 78.4 Å². The minimum atomic E-state index is -0.0204. The summed E-state index contributed by atoms with van der Waals surface area (Å²) in [6, 6.07) is 64.9. The zero-order valence-electron chi connectivity index (χ0n) is 28.7. The van der Waals surface area contributed by atoms with E-state index in [-0.39, 0.29) is 5.41 Å². The van der Waals surface area contributed by atoms with E-state index in [4.69, 9.17) is 9.97 Å². The van der Waals surface area contributed by atoms with Crippen LogP contribution in [0.5, 0.6) is 0 Å². The molecule has 0 saturated heterocycles. The molecule has 1 aliphatic carbocycles. The predicted octanol–water partition coefficient (Wildman–Crippen LogP) is 12.8. The van der Waals surface area contributed by atoms with Crippen LogP contribution >= 0.6 is 0 Å². The second kappa shape index (κ2) is 12.5. The third kappa shape index (κ3) is 5.56. The summed E-state index contributed by atoms with van der Waals surface area (Å²) in [5.41, 5.74) is 17.4. The zero-order valence-corrected chi connectivity index (χ0v) is 28.7. The van der Waals surface area contributed by atoms with Crippen LogP contribution in [0.2, 0.25) is 0 Å². The van der Waals surface area contributed by atoms with Gasteiger partial charge in [-0.05, 0) is 79.9 Å². The number of benzene rings is 7. The molecule has 9 rings (SSSR count). The molecule has 1 aromatic heterocycles. The summed E-state index contributed by atoms with van der Waals surface area (Å²) in [6.45, 7) is 4.66. The van der Waals surface area contributed by atoms with Gasteiger partial charge in [-0.15, -0.1) is 0 Å². The molecule has 2 heteroatoms. The topological polar surface area (TPSA) is 25.8 Å². The Morgan fingerprint density at radius 1 is 0.314 bits per heavy atom. The van der Waals surface area contributed by atoms with E-state index in [0.717, 1.165) is 33.6 Å². The molecule has 1 heterocycles. The van der Waals surface area contributed by atoms with Crippen LogP contribution in [0.1, 0.15) is 25.0 Å². The summed E-state index contributed by atoms with van der Waals surface area (Å²) in [5.74, 6) is 0.703. The van der Waals surface area contributed by atoms with Gasteiger partial charge < -0.3 is 0 Å². The lowest BCUT2D eigenvalue weighted by Crippen LogP contribution is -2.14. The van der Waals surface area contributed by atoms with E-state index < -0.39 is 0 Å². The summed E-state index contributed by atoms with van der Waals surface area (Å²) >= 11 is 0. The van der Waals surface area contributed by atoms with Crippen LogP contribution in [0.3, 0.4) is 0 Å². The fraction of sp³-hybridized carbons (Fsp3) is 0.0612. The zero-order chi connectivity index (χ0) is 34.4. The van der Waals surface area contributed by atoms with Crippen LogP contribution in [0.4, 0.5) is 0 Å². The summed E-state index contributed by atoms with van der Waals surface area (Å²) in [4.78, 5) is 10.3. The van der Waals surface area contributed by atoms with Crippen molar-refractivity contribution >= 4 is 0 Å². The first kappa shape index (κ1) is 30.7. The molecule has 0 aliphatic heterocycles. The first-order chi connectivity index (χ1) is 25.0. The molecule has 2 nitrogen and oxygen atoms in total. The molecule has 0 saturated carbocycles. The number of hydrogen-bond acceptors (Lipinski definition) is 2. The number of nitrogens with zero attached hydrogens (tertiary/aromatic N) is 2. The monoisotopic (exact) mass is 652 g/mol. The molecule has 0 amide bonds. The summed E-state index contributed by atoms with van der Waals surface area (Å²) < 4.78 is 0. The molecule has 0 fully saturated rings. The molecule has 8 aromatic rings. The van der Waals surface area contributed by atoms with E-state index in [2.05, 4.69) is 184 Å². The maximum Gasteiger partial charge on any atom is 0.160 e. The van der Waals surface area contributed by atoms with Crippen LogP contribution in [0.15, 0.2) is 182 Å². The molecule has 0 atom stereocenters. The van der Waals surface area contributed by atoms with Crippen LogP contribution < -0.4 is 0 Å². The van der Waals surface area contributed by atoms with Crippen molar-refractivity contribution < 1.29 is 0 Å². The van der Waals surface area contributed by atoms with Crippen molar-refractivity contribution in [1.82, 2.24) is 9.97 Å². The third-order valence-corrected chi connectivity index (χ3v) is 10.3. The standard InChI is InChI=1S/C49H36N2/c1-49(2)44-24-13-12-23-41(44)43-31-37(26-28-45(43)49)36-25-27-40(33-15-6-3-7-16-33)42(30-36)38-21-14-22-39(29-38)48-50-46(34-17-8-4-9-18-34)32-47(51-48)35-19-10-5-11-20-35/h3-32H,1-2H3. The third-order valence-electron chi connectivity index (χ3n) is 10.3. The molecule has 0 radical (unpaired) electrons. The highest BCUT2D eigenvalue weighted by molar-refractivity contribution is 5.90. The number of hydrogen-bond donors (Lipinski definition) is 0. The Bertz CT molecular complexity index is 2480. The van der Waals surface area contributed by atoms with Gasteiger partial charge in [0, 0.05) is 22.1 Å². The second-order valence-corrected chi connectivity index (χ2v) is 13.8. The van der Waals surface area contributed by atoms with Crippen molar-refractivity contribution in [2.75, 3.05) is 0 Å². The molecular formula is C49H36N2. The maximum absolute atomic E-state index is 5.13. The van der Waals surface area contributed by atoms with E-state index in [0.29, 0.717) is 5.82 Å². The van der Waals surface area contributed by atoms with E-state index in [9.17, 15) is 0 Å². The fourth-order valence-corrected chi connectivity index (χ4v) is 7.65. The van der Waals surface area contributed by atoms with Gasteiger partial charge in [0.15, 0.2) is 5.82 Å². The van der Waals surface area contributed by atoms with Gasteiger partial charge in [-0.2, -0.15) is 0 Å². The summed E-state index contributed by atoms with van der Waals surface area (Å²) in [5, 5.41) is 0. The van der Waals surface area contributed by atoms with Gasteiger partial charge in [0.1, 0.15) is 0 Å². The Morgan fingerprint density at radius 3 is 1.49 bits per heavy atom. The first-order valence-electron chi connectivity index (χ1n) is 17.6. The van der Waals surface area contributed by atoms with Crippen molar-refractivity contribution in [2.45, 2.75) is 19.3 Å². The Kier molecular flexibility index (Phi) is 7.51. The van der Waals surface area contributed by atoms with Gasteiger partial charge in [-0.1, -0.05) is 172 Å². The Morgan fingerprint density at radius 2 is 0.824 bits per heavy atom. The second-order valence-electron chi connectivity index (χ2n) is 13.8. The number of fused-ring (bicyclic) bond motifs is 3. The van der Waals surface area contributed by atoms with Crippen LogP contribution in [-0.2, 0) is 5.41 Å². The van der Waals surface area contributed by atoms with Crippen LogP contribution in [-0.4, -0.2) is 9.97 Å². The molecule has 7 aromatic carbocycles. The highest BCUT2D eigenvalue weighted by Crippen LogP contribution is 2.49. The van der Waals surface area contributed by atoms with Crippen molar-refractivity contribution in [2.24, 2.45) is 0 Å². The van der Waals surface area contributed by atoms with Crippen molar-refractivity contribution in [1.29, 1.82) is 0 Å². The van der Waals surface area contributed by atoms with Gasteiger partial charge in [0.25, 0.3) is 0 Å². The van der Waals surface area contributed by atoms with Crippen molar-refractivity contribution in [3.63, 3.8) is 0 Å². The van der Waals surface area contributed by atoms with E-state index in [1.807, 2.05) is 12.1 Å². The molecule has 1 aliphatic rings. The lowest BCUT2D eigenvalue weighted by atomic mass is 9.82. The highest BCUT2D eigenvalue weighted by Gasteiger charge is 2.35. The minimum absolute atomic E-state index is 0.0204. The number of rotatable bonds is 6. The average Bonchev–Trinajstić information content (AvgIpc) is 3.44. The van der Waals surface area contributed by atoms with Gasteiger partial charge in [-0.25, -0.2) is 9.97 Å². The van der Waals surface area contributed by atoms with Crippen LogP contribution in [0, 0.1) is 0 Å². The molecular weight excluding hydrogens is 617 g/mol. The fourth-order valence-electron chi connectivity index (χ4n) is 7.65. The minimum Gasteiger partial charge on any atom is -0.228 e. The Hall–Kier alpha value is -6.38. The summed E-state index contributed by atoms with van der Waals surface area (Å²) in [6.07, 6.45) is 0. The highest BCUT2D eigenvalue weighted by atomic mass is 14.9. The van der Waals surface area contributed by atoms with E-state index >= 15 is 0 Å². The quantitative estimate of drug-likeness (QED) is 0.179. The first-order valence-corrected chi connectivity index (χ1v) is 17.6. The van der Waals surface area contributed by atoms with Gasteiger partial charge in [0.2, 0.25) is 0 Å². The maximum atomic E-state index is 5.13. The van der Waals surface area contributed by atoms with Crippen molar-refractivity contribution in [3.05, 3.63) is 193 Å². The molecule has 242 valence electrons. The molecule has 0 spiro atoms. The normalized spacial score (nSPS) is 12.7. The molecule has 51 heavy (non-hydrogen) atoms. The largest absolute Gasteiger partial charge is 0.228 e. The average molecular weight is 653 g/mol. The van der Waals surface area contributed by atoms with Crippen molar-refractivity contribution in [3.8, 4) is 78.4 Å². The molecule has 0 N–H and O–H groups in total. The molecule has 0 bridgehead atoms. The predicted molar refractivity (Wildman–Crippen MR) is 212 cm³/mol. The lowest BCUT2D eigenvalue weighted by molar-refractivity contribution is 0.660. The van der Waals surface area contributed by atoms with Gasteiger partial charge in [0.05, 0.1) is 11.4 Å². The summed E-state index contributed by atoms with van der Waals surface area (Å²) in [7, 11) is 0. The smallest absolute Gasteiger partial charge is 0.160 e. The molecule has 0 unspecified atom stereocenters. The Balaban J connectivity index is 1.19. The van der Waals surface area contributed by atoms with Gasteiger partial charge in [-0.3, -0.25) is 0 Å². The Labute approximate surface area is 299 Å².